The maximum Gasteiger partial charge on any atom is 0.407 e. The van der Waals surface area contributed by atoms with Crippen molar-refractivity contribution in [3.05, 3.63) is 35.9 Å². The van der Waals surface area contributed by atoms with Crippen LogP contribution >= 0.6 is 0 Å². The van der Waals surface area contributed by atoms with Crippen LogP contribution in [0.1, 0.15) is 18.4 Å². The molecule has 1 amide bonds. The molecule has 1 aromatic rings. The topological polar surface area (TPSA) is 58.6 Å². The summed E-state index contributed by atoms with van der Waals surface area (Å²) in [6.45, 7) is 1.77. The van der Waals surface area contributed by atoms with Crippen LogP contribution in [0.5, 0.6) is 0 Å². The third-order valence-electron chi connectivity index (χ3n) is 3.35. The molecule has 1 aliphatic heterocycles. The monoisotopic (exact) mass is 296 g/mol. The summed E-state index contributed by atoms with van der Waals surface area (Å²) >= 11 is 0. The Kier molecular flexibility index (Phi) is 5.55. The van der Waals surface area contributed by atoms with Gasteiger partial charge in [-0.05, 0) is 18.4 Å². The number of nitrogens with zero attached hydrogens (tertiary/aromatic N) is 1. The minimum atomic E-state index is -0.919. The highest BCUT2D eigenvalue weighted by Gasteiger charge is 2.22. The van der Waals surface area contributed by atoms with Crippen LogP contribution in [0.4, 0.5) is 4.79 Å². The van der Waals surface area contributed by atoms with E-state index in [1.807, 2.05) is 34.6 Å². The van der Waals surface area contributed by atoms with E-state index >= 15 is 0 Å². The third-order valence-corrected chi connectivity index (χ3v) is 4.44. The van der Waals surface area contributed by atoms with Gasteiger partial charge in [-0.1, -0.05) is 30.3 Å². The molecule has 2 rings (SSSR count). The maximum absolute atomic E-state index is 11.7. The summed E-state index contributed by atoms with van der Waals surface area (Å²) < 4.78 is 18.4. The van der Waals surface area contributed by atoms with E-state index in [-0.39, 0.29) is 18.7 Å². The average Bonchev–Trinajstić information content (AvgIpc) is 2.47. The van der Waals surface area contributed by atoms with Gasteiger partial charge in [-0.2, -0.15) is 0 Å². The maximum atomic E-state index is 11.7. The lowest BCUT2D eigenvalue weighted by Gasteiger charge is -2.30. The molecule has 1 atom stereocenters. The zero-order valence-electron chi connectivity index (χ0n) is 11.6. The molecule has 1 N–H and O–H groups in total. The first-order valence-corrected chi connectivity index (χ1v) is 8.22. The molecule has 110 valence electrons. The van der Waals surface area contributed by atoms with Crippen molar-refractivity contribution < 1.29 is 13.7 Å². The van der Waals surface area contributed by atoms with Crippen LogP contribution in [0.25, 0.3) is 0 Å². The number of alkyl carbamates (subject to hydrolysis) is 1. The van der Waals surface area contributed by atoms with E-state index in [9.17, 15) is 9.00 Å². The van der Waals surface area contributed by atoms with Crippen molar-refractivity contribution in [1.29, 1.82) is 0 Å². The number of piperidine rings is 1. The molecule has 0 aliphatic carbocycles. The molecule has 1 fully saturated rings. The van der Waals surface area contributed by atoms with E-state index in [1.54, 1.807) is 6.26 Å². The summed E-state index contributed by atoms with van der Waals surface area (Å²) in [5.74, 6) is 0. The lowest BCUT2D eigenvalue weighted by Crippen LogP contribution is -2.45. The van der Waals surface area contributed by atoms with Gasteiger partial charge in [-0.3, -0.25) is 0 Å². The number of ether oxygens (including phenoxy) is 1. The Bertz CT molecular complexity index is 459. The smallest absolute Gasteiger partial charge is 0.407 e. The van der Waals surface area contributed by atoms with Gasteiger partial charge in [0.1, 0.15) is 6.61 Å². The highest BCUT2D eigenvalue weighted by Crippen LogP contribution is 2.11. The van der Waals surface area contributed by atoms with Gasteiger partial charge in [0.25, 0.3) is 0 Å². The molecule has 0 bridgehead atoms. The van der Waals surface area contributed by atoms with Crippen LogP contribution < -0.4 is 5.32 Å². The quantitative estimate of drug-likeness (QED) is 0.919. The highest BCUT2D eigenvalue weighted by atomic mass is 32.2. The lowest BCUT2D eigenvalue weighted by molar-refractivity contribution is 0.131. The number of carbonyl (C=O) groups is 1. The molecule has 0 saturated carbocycles. The SMILES string of the molecule is CS(=O)N1CCC(NC(=O)OCc2ccccc2)CC1. The van der Waals surface area contributed by atoms with Gasteiger partial charge in [-0.15, -0.1) is 0 Å². The van der Waals surface area contributed by atoms with Crippen molar-refractivity contribution in [3.63, 3.8) is 0 Å². The molecular weight excluding hydrogens is 276 g/mol. The summed E-state index contributed by atoms with van der Waals surface area (Å²) in [6, 6.07) is 9.70. The van der Waals surface area contributed by atoms with Crippen molar-refractivity contribution in [2.45, 2.75) is 25.5 Å². The standard InChI is InChI=1S/C14H20N2O3S/c1-20(18)16-9-7-13(8-10-16)15-14(17)19-11-12-5-3-2-4-6-12/h2-6,13H,7-11H2,1H3,(H,15,17). The van der Waals surface area contributed by atoms with Crippen LogP contribution in [0.2, 0.25) is 0 Å². The van der Waals surface area contributed by atoms with Crippen molar-refractivity contribution in [2.24, 2.45) is 0 Å². The molecular formula is C14H20N2O3S. The Morgan fingerprint density at radius 3 is 2.60 bits per heavy atom. The van der Waals surface area contributed by atoms with Crippen LogP contribution in [-0.2, 0) is 22.3 Å². The minimum absolute atomic E-state index is 0.109. The van der Waals surface area contributed by atoms with Gasteiger partial charge in [0, 0.05) is 25.4 Å². The zero-order valence-corrected chi connectivity index (χ0v) is 12.4. The molecule has 1 heterocycles. The third kappa shape index (κ3) is 4.61. The summed E-state index contributed by atoms with van der Waals surface area (Å²) in [7, 11) is -0.919. The average molecular weight is 296 g/mol. The van der Waals surface area contributed by atoms with E-state index in [1.165, 1.54) is 0 Å². The summed E-state index contributed by atoms with van der Waals surface area (Å²) in [6.07, 6.45) is 2.91. The summed E-state index contributed by atoms with van der Waals surface area (Å²) in [4.78, 5) is 11.7. The minimum Gasteiger partial charge on any atom is -0.445 e. The van der Waals surface area contributed by atoms with E-state index < -0.39 is 11.0 Å². The fraction of sp³-hybridized carbons (Fsp3) is 0.500. The van der Waals surface area contributed by atoms with Gasteiger partial charge in [0.15, 0.2) is 0 Å². The number of benzene rings is 1. The fourth-order valence-corrected chi connectivity index (χ4v) is 2.91. The fourth-order valence-electron chi connectivity index (χ4n) is 2.19. The van der Waals surface area contributed by atoms with Crippen molar-refractivity contribution in [1.82, 2.24) is 9.62 Å². The van der Waals surface area contributed by atoms with E-state index in [2.05, 4.69) is 5.32 Å². The predicted octanol–water partition coefficient (Wildman–Crippen LogP) is 1.67. The van der Waals surface area contributed by atoms with Crippen molar-refractivity contribution in [3.8, 4) is 0 Å². The number of nitrogens with one attached hydrogen (secondary N) is 1. The molecule has 0 aromatic heterocycles. The van der Waals surface area contributed by atoms with Gasteiger partial charge < -0.3 is 10.1 Å². The lowest BCUT2D eigenvalue weighted by atomic mass is 10.1. The van der Waals surface area contributed by atoms with E-state index in [4.69, 9.17) is 4.74 Å². The number of hydrogen-bond acceptors (Lipinski definition) is 3. The Balaban J connectivity index is 1.69. The first kappa shape index (κ1) is 15.0. The van der Waals surface area contributed by atoms with Gasteiger partial charge in [0.2, 0.25) is 0 Å². The van der Waals surface area contributed by atoms with Gasteiger partial charge in [0.05, 0.1) is 11.0 Å². The Hall–Kier alpha value is -1.40. The first-order valence-electron chi connectivity index (χ1n) is 6.71. The van der Waals surface area contributed by atoms with Crippen LogP contribution in [-0.4, -0.2) is 40.0 Å². The summed E-state index contributed by atoms with van der Waals surface area (Å²) in [5.41, 5.74) is 0.971. The van der Waals surface area contributed by atoms with Crippen LogP contribution in [0.3, 0.4) is 0 Å². The Morgan fingerprint density at radius 2 is 2.00 bits per heavy atom. The zero-order chi connectivity index (χ0) is 14.4. The Morgan fingerprint density at radius 1 is 1.35 bits per heavy atom. The van der Waals surface area contributed by atoms with Crippen LogP contribution in [0.15, 0.2) is 30.3 Å². The number of rotatable bonds is 4. The molecule has 5 nitrogen and oxygen atoms in total. The van der Waals surface area contributed by atoms with Crippen molar-refractivity contribution in [2.75, 3.05) is 19.3 Å². The largest absolute Gasteiger partial charge is 0.445 e. The van der Waals surface area contributed by atoms with Crippen LogP contribution in [0, 0.1) is 0 Å². The van der Waals surface area contributed by atoms with Crippen molar-refractivity contribution >= 4 is 17.1 Å². The normalized spacial score (nSPS) is 18.4. The highest BCUT2D eigenvalue weighted by molar-refractivity contribution is 7.81. The van der Waals surface area contributed by atoms with E-state index in [0.717, 1.165) is 31.5 Å². The van der Waals surface area contributed by atoms with Gasteiger partial charge in [-0.25, -0.2) is 13.3 Å². The molecule has 1 aliphatic rings. The number of hydrogen-bond donors (Lipinski definition) is 1. The molecule has 0 spiro atoms. The van der Waals surface area contributed by atoms with E-state index in [0.29, 0.717) is 0 Å². The number of amides is 1. The summed E-state index contributed by atoms with van der Waals surface area (Å²) in [5, 5.41) is 2.86. The molecule has 0 radical (unpaired) electrons. The molecule has 20 heavy (non-hydrogen) atoms. The Labute approximate surface area is 121 Å². The van der Waals surface area contributed by atoms with Gasteiger partial charge >= 0.3 is 6.09 Å². The second-order valence-electron chi connectivity index (χ2n) is 4.83. The molecule has 1 saturated heterocycles. The second kappa shape index (κ2) is 7.40. The molecule has 1 aromatic carbocycles. The molecule has 1 unspecified atom stereocenters. The predicted molar refractivity (Wildman–Crippen MR) is 78.4 cm³/mol. The first-order chi connectivity index (χ1) is 9.65. The second-order valence-corrected chi connectivity index (χ2v) is 6.20. The number of carbonyl (C=O) groups excluding carboxylic acids is 1. The molecule has 6 heteroatoms.